The molecular formula is C12H12N4O3. The molecule has 7 nitrogen and oxygen atoms in total. The summed E-state index contributed by atoms with van der Waals surface area (Å²) in [6, 6.07) is 4.27. The van der Waals surface area contributed by atoms with Crippen LogP contribution in [-0.2, 0) is 0 Å². The third kappa shape index (κ3) is 2.95. The van der Waals surface area contributed by atoms with Gasteiger partial charge >= 0.3 is 0 Å². The maximum Gasteiger partial charge on any atom is 0.275 e. The molecule has 0 unspecified atom stereocenters. The van der Waals surface area contributed by atoms with Crippen molar-refractivity contribution in [1.82, 2.24) is 9.97 Å². The summed E-state index contributed by atoms with van der Waals surface area (Å²) in [5, 5.41) is 10.8. The summed E-state index contributed by atoms with van der Waals surface area (Å²) in [7, 11) is 0. The van der Waals surface area contributed by atoms with Crippen molar-refractivity contribution in [3.05, 3.63) is 40.7 Å². The zero-order chi connectivity index (χ0) is 13.8. The first-order valence-electron chi connectivity index (χ1n) is 5.60. The van der Waals surface area contributed by atoms with Crippen LogP contribution in [0.5, 0.6) is 5.75 Å². The molecule has 98 valence electrons. The molecule has 0 spiro atoms. The van der Waals surface area contributed by atoms with Crippen LogP contribution in [0.1, 0.15) is 6.92 Å². The van der Waals surface area contributed by atoms with Gasteiger partial charge in [-0.3, -0.25) is 15.1 Å². The minimum Gasteiger partial charge on any atom is -0.492 e. The van der Waals surface area contributed by atoms with E-state index in [2.05, 4.69) is 9.97 Å². The quantitative estimate of drug-likeness (QED) is 0.666. The average Bonchev–Trinajstić information content (AvgIpc) is 2.38. The molecule has 0 aliphatic heterocycles. The first-order valence-corrected chi connectivity index (χ1v) is 5.60. The van der Waals surface area contributed by atoms with Crippen LogP contribution in [0.3, 0.4) is 0 Å². The summed E-state index contributed by atoms with van der Waals surface area (Å²) < 4.78 is 5.32. The van der Waals surface area contributed by atoms with Crippen molar-refractivity contribution in [3.8, 4) is 17.0 Å². The number of nitrogen functional groups attached to an aromatic ring is 1. The summed E-state index contributed by atoms with van der Waals surface area (Å²) in [6.07, 6.45) is 3.11. The molecule has 0 saturated heterocycles. The molecule has 0 saturated carbocycles. The van der Waals surface area contributed by atoms with Crippen molar-refractivity contribution in [2.24, 2.45) is 0 Å². The van der Waals surface area contributed by atoms with Gasteiger partial charge in [-0.2, -0.15) is 0 Å². The average molecular weight is 260 g/mol. The standard InChI is InChI=1S/C12H12N4O3/c1-2-19-10-3-8(6-14-7-10)11-4-9(16(17)18)5-12(13)15-11/h3-7H,2H2,1H3,(H2,13,15). The molecule has 0 atom stereocenters. The Morgan fingerprint density at radius 1 is 1.37 bits per heavy atom. The number of hydrogen-bond donors (Lipinski definition) is 1. The highest BCUT2D eigenvalue weighted by molar-refractivity contribution is 5.65. The predicted octanol–water partition coefficient (Wildman–Crippen LogP) is 2.03. The van der Waals surface area contributed by atoms with Crippen molar-refractivity contribution in [3.63, 3.8) is 0 Å². The lowest BCUT2D eigenvalue weighted by molar-refractivity contribution is -0.384. The van der Waals surface area contributed by atoms with Gasteiger partial charge in [0.1, 0.15) is 11.6 Å². The smallest absolute Gasteiger partial charge is 0.275 e. The van der Waals surface area contributed by atoms with Gasteiger partial charge in [-0.05, 0) is 13.0 Å². The van der Waals surface area contributed by atoms with Crippen LogP contribution in [0, 0.1) is 10.1 Å². The second-order valence-corrected chi connectivity index (χ2v) is 3.73. The molecule has 0 aliphatic rings. The molecule has 2 aromatic rings. The van der Waals surface area contributed by atoms with Crippen LogP contribution >= 0.6 is 0 Å². The molecule has 2 heterocycles. The van der Waals surface area contributed by atoms with Gasteiger partial charge in [0.05, 0.1) is 29.5 Å². The van der Waals surface area contributed by atoms with E-state index in [9.17, 15) is 10.1 Å². The second kappa shape index (κ2) is 5.30. The Morgan fingerprint density at radius 2 is 2.16 bits per heavy atom. The first-order chi connectivity index (χ1) is 9.10. The molecular weight excluding hydrogens is 248 g/mol. The molecule has 0 fully saturated rings. The van der Waals surface area contributed by atoms with E-state index in [0.29, 0.717) is 23.6 Å². The summed E-state index contributed by atoms with van der Waals surface area (Å²) in [5.74, 6) is 0.665. The number of aromatic nitrogens is 2. The van der Waals surface area contributed by atoms with Crippen LogP contribution < -0.4 is 10.5 Å². The van der Waals surface area contributed by atoms with E-state index in [4.69, 9.17) is 10.5 Å². The summed E-state index contributed by atoms with van der Waals surface area (Å²) in [5.41, 5.74) is 6.46. The zero-order valence-corrected chi connectivity index (χ0v) is 10.2. The van der Waals surface area contributed by atoms with Gasteiger partial charge in [-0.15, -0.1) is 0 Å². The topological polar surface area (TPSA) is 104 Å². The largest absolute Gasteiger partial charge is 0.492 e. The van der Waals surface area contributed by atoms with E-state index in [-0.39, 0.29) is 11.5 Å². The number of anilines is 1. The molecule has 2 N–H and O–H groups in total. The van der Waals surface area contributed by atoms with E-state index >= 15 is 0 Å². The Bertz CT molecular complexity index is 616. The summed E-state index contributed by atoms with van der Waals surface area (Å²) >= 11 is 0. The highest BCUT2D eigenvalue weighted by Gasteiger charge is 2.12. The van der Waals surface area contributed by atoms with Gasteiger partial charge in [0.25, 0.3) is 5.69 Å². The number of ether oxygens (including phenoxy) is 1. The van der Waals surface area contributed by atoms with E-state index in [0.717, 1.165) is 0 Å². The van der Waals surface area contributed by atoms with E-state index < -0.39 is 4.92 Å². The Balaban J connectivity index is 2.46. The fraction of sp³-hybridized carbons (Fsp3) is 0.167. The number of nitrogens with zero attached hydrogens (tertiary/aromatic N) is 3. The minimum atomic E-state index is -0.513. The molecule has 0 aromatic carbocycles. The monoisotopic (exact) mass is 260 g/mol. The van der Waals surface area contributed by atoms with Crippen LogP contribution in [0.25, 0.3) is 11.3 Å². The SMILES string of the molecule is CCOc1cncc(-c2cc([N+](=O)[O-])cc(N)n2)c1. The van der Waals surface area contributed by atoms with Gasteiger partial charge in [0.15, 0.2) is 0 Å². The highest BCUT2D eigenvalue weighted by atomic mass is 16.6. The molecule has 0 aliphatic carbocycles. The number of rotatable bonds is 4. The van der Waals surface area contributed by atoms with E-state index in [1.165, 1.54) is 12.1 Å². The minimum absolute atomic E-state index is 0.0889. The molecule has 2 rings (SSSR count). The second-order valence-electron chi connectivity index (χ2n) is 3.73. The first kappa shape index (κ1) is 12.7. The van der Waals surface area contributed by atoms with Crippen LogP contribution in [0.15, 0.2) is 30.6 Å². The van der Waals surface area contributed by atoms with Crippen molar-refractivity contribution >= 4 is 11.5 Å². The maximum atomic E-state index is 10.8. The molecule has 0 amide bonds. The highest BCUT2D eigenvalue weighted by Crippen LogP contribution is 2.25. The van der Waals surface area contributed by atoms with Gasteiger partial charge in [-0.1, -0.05) is 0 Å². The van der Waals surface area contributed by atoms with Crippen molar-refractivity contribution in [1.29, 1.82) is 0 Å². The molecule has 7 heteroatoms. The Hall–Kier alpha value is -2.70. The van der Waals surface area contributed by atoms with Crippen LogP contribution in [0.4, 0.5) is 11.5 Å². The van der Waals surface area contributed by atoms with Crippen molar-refractivity contribution in [2.75, 3.05) is 12.3 Å². The van der Waals surface area contributed by atoms with Crippen LogP contribution in [-0.4, -0.2) is 21.5 Å². The van der Waals surface area contributed by atoms with E-state index in [1.807, 2.05) is 6.92 Å². The van der Waals surface area contributed by atoms with Crippen molar-refractivity contribution < 1.29 is 9.66 Å². The predicted molar refractivity (Wildman–Crippen MR) is 69.7 cm³/mol. The van der Waals surface area contributed by atoms with Crippen molar-refractivity contribution in [2.45, 2.75) is 6.92 Å². The Kier molecular flexibility index (Phi) is 3.56. The zero-order valence-electron chi connectivity index (χ0n) is 10.2. The lowest BCUT2D eigenvalue weighted by atomic mass is 10.1. The fourth-order valence-corrected chi connectivity index (χ4v) is 1.59. The Morgan fingerprint density at radius 3 is 2.84 bits per heavy atom. The van der Waals surface area contributed by atoms with Gasteiger partial charge in [0.2, 0.25) is 0 Å². The lowest BCUT2D eigenvalue weighted by Gasteiger charge is -2.05. The fourth-order valence-electron chi connectivity index (χ4n) is 1.59. The number of nitro groups is 1. The van der Waals surface area contributed by atoms with Gasteiger partial charge in [0, 0.05) is 17.8 Å². The third-order valence-corrected chi connectivity index (χ3v) is 2.36. The number of nitrogens with two attached hydrogens (primary N) is 1. The normalized spacial score (nSPS) is 10.2. The van der Waals surface area contributed by atoms with Crippen LogP contribution in [0.2, 0.25) is 0 Å². The lowest BCUT2D eigenvalue weighted by Crippen LogP contribution is -1.97. The summed E-state index contributed by atoms with van der Waals surface area (Å²) in [4.78, 5) is 18.3. The third-order valence-electron chi connectivity index (χ3n) is 2.36. The summed E-state index contributed by atoms with van der Waals surface area (Å²) in [6.45, 7) is 2.37. The number of pyridine rings is 2. The molecule has 19 heavy (non-hydrogen) atoms. The maximum absolute atomic E-state index is 10.8. The molecule has 2 aromatic heterocycles. The van der Waals surface area contributed by atoms with E-state index in [1.54, 1.807) is 18.5 Å². The van der Waals surface area contributed by atoms with Gasteiger partial charge in [-0.25, -0.2) is 4.98 Å². The Labute approximate surface area is 109 Å². The number of hydrogen-bond acceptors (Lipinski definition) is 6. The molecule has 0 radical (unpaired) electrons. The molecule has 0 bridgehead atoms. The van der Waals surface area contributed by atoms with Gasteiger partial charge < -0.3 is 10.5 Å².